The lowest BCUT2D eigenvalue weighted by atomic mass is 10.0. The number of ether oxygens (including phenoxy) is 1. The van der Waals surface area contributed by atoms with Crippen LogP contribution in [-0.2, 0) is 9.63 Å². The average Bonchev–Trinajstić information content (AvgIpc) is 2.77. The first-order chi connectivity index (χ1) is 14.3. The van der Waals surface area contributed by atoms with E-state index in [1.807, 2.05) is 24.5 Å². The second kappa shape index (κ2) is 14.9. The van der Waals surface area contributed by atoms with Crippen molar-refractivity contribution in [3.63, 3.8) is 0 Å². The Balaban J connectivity index is 0.00000407. The van der Waals surface area contributed by atoms with E-state index in [-0.39, 0.29) is 23.4 Å². The molecule has 162 valence electrons. The van der Waals surface area contributed by atoms with Gasteiger partial charge >= 0.3 is 5.97 Å². The summed E-state index contributed by atoms with van der Waals surface area (Å²) in [5.41, 5.74) is 1.08. The first-order valence-corrected chi connectivity index (χ1v) is 10.3. The van der Waals surface area contributed by atoms with Crippen molar-refractivity contribution in [1.29, 1.82) is 0 Å². The summed E-state index contributed by atoms with van der Waals surface area (Å²) in [4.78, 5) is 40.1. The molecule has 0 saturated carbocycles. The molecule has 0 amide bonds. The van der Waals surface area contributed by atoms with E-state index in [0.717, 1.165) is 5.71 Å². The Morgan fingerprint density at radius 3 is 2.50 bits per heavy atom. The molecule has 0 unspecified atom stereocenters. The molecule has 0 aliphatic carbocycles. The highest BCUT2D eigenvalue weighted by Crippen LogP contribution is 2.17. The van der Waals surface area contributed by atoms with Crippen LogP contribution in [0.4, 0.5) is 0 Å². The van der Waals surface area contributed by atoms with E-state index < -0.39 is 11.8 Å². The van der Waals surface area contributed by atoms with Gasteiger partial charge in [-0.1, -0.05) is 27.7 Å². The Hall–Kier alpha value is -3.07. The Morgan fingerprint density at radius 2 is 1.97 bits per heavy atom. The van der Waals surface area contributed by atoms with Crippen LogP contribution in [0.1, 0.15) is 27.6 Å². The molecule has 1 aromatic rings. The maximum Gasteiger partial charge on any atom is 0.353 e. The van der Waals surface area contributed by atoms with Crippen molar-refractivity contribution in [3.05, 3.63) is 54.3 Å². The van der Waals surface area contributed by atoms with E-state index in [1.165, 1.54) is 26.2 Å². The summed E-state index contributed by atoms with van der Waals surface area (Å²) < 4.78 is 6.91. The molecular formula is C21H27BrN3O5+. The number of Topliss-reactive ketones (excluding diaryl/α,β-unsaturated/α-hetero) is 1. The number of hydrogen-bond acceptors (Lipinski definition) is 7. The number of rotatable bonds is 10. The number of hydrogen-bond donors (Lipinski definition) is 1. The van der Waals surface area contributed by atoms with Gasteiger partial charge in [0.2, 0.25) is 5.78 Å². The zero-order chi connectivity index (χ0) is 23.1. The van der Waals surface area contributed by atoms with Gasteiger partial charge in [0.1, 0.15) is 32.1 Å². The van der Waals surface area contributed by atoms with E-state index in [1.54, 1.807) is 24.4 Å². The summed E-state index contributed by atoms with van der Waals surface area (Å²) in [6.45, 7) is 4.93. The minimum absolute atomic E-state index is 0.0740. The molecule has 1 N–H and O–H groups in total. The van der Waals surface area contributed by atoms with Gasteiger partial charge in [-0.2, -0.15) is 0 Å². The summed E-state index contributed by atoms with van der Waals surface area (Å²) in [5, 5.41) is 6.31. The van der Waals surface area contributed by atoms with Crippen molar-refractivity contribution < 1.29 is 28.5 Å². The summed E-state index contributed by atoms with van der Waals surface area (Å²) in [6.07, 6.45) is 5.54. The van der Waals surface area contributed by atoms with E-state index in [2.05, 4.69) is 33.0 Å². The maximum absolute atomic E-state index is 12.5. The lowest BCUT2D eigenvalue weighted by molar-refractivity contribution is -0.462. The minimum atomic E-state index is -0.678. The number of ketones is 1. The number of nitrogens with one attached hydrogen (secondary N) is 1. The highest BCUT2D eigenvalue weighted by atomic mass is 79.9. The highest BCUT2D eigenvalue weighted by molar-refractivity contribution is 9.08. The number of carbonyl (C=O) groups excluding carboxylic acids is 3. The number of carbonyl (C=O) groups is 3. The van der Waals surface area contributed by atoms with Gasteiger partial charge in [-0.05, 0) is 31.0 Å². The van der Waals surface area contributed by atoms with Crippen LogP contribution in [0.15, 0.2) is 48.3 Å². The number of aldehydes is 1. The number of alkyl halides is 1. The zero-order valence-corrected chi connectivity index (χ0v) is 19.4. The summed E-state index contributed by atoms with van der Waals surface area (Å²) >= 11 is 2.94. The highest BCUT2D eigenvalue weighted by Gasteiger charge is 2.16. The van der Waals surface area contributed by atoms with Gasteiger partial charge in [0.15, 0.2) is 12.0 Å². The van der Waals surface area contributed by atoms with Crippen molar-refractivity contribution >= 4 is 45.4 Å². The predicted molar refractivity (Wildman–Crippen MR) is 121 cm³/mol. The molecule has 0 bridgehead atoms. The van der Waals surface area contributed by atoms with Gasteiger partial charge in [-0.15, -0.1) is 0 Å². The van der Waals surface area contributed by atoms with E-state index in [0.29, 0.717) is 12.0 Å². The normalized spacial score (nSPS) is 10.4. The Labute approximate surface area is 185 Å². The molecule has 0 aliphatic heterocycles. The fraction of sp³-hybridized carbons (Fsp3) is 0.286. The van der Waals surface area contributed by atoms with Crippen LogP contribution in [0.25, 0.3) is 0 Å². The zero-order valence-electron chi connectivity index (χ0n) is 17.8. The lowest BCUT2D eigenvalue weighted by Crippen LogP contribution is -2.21. The molecule has 0 radical (unpaired) electrons. The smallest absolute Gasteiger partial charge is 0.353 e. The third-order valence-electron chi connectivity index (χ3n) is 3.59. The molecule has 0 saturated heterocycles. The second-order valence-corrected chi connectivity index (χ2v) is 5.78. The maximum atomic E-state index is 12.5. The van der Waals surface area contributed by atoms with Crippen molar-refractivity contribution in [2.24, 2.45) is 5.16 Å². The van der Waals surface area contributed by atoms with Gasteiger partial charge in [0, 0.05) is 29.5 Å². The van der Waals surface area contributed by atoms with Crippen LogP contribution >= 0.6 is 15.9 Å². The topological polar surface area (TPSA) is 97.1 Å². The number of halogens is 1. The van der Waals surface area contributed by atoms with E-state index in [4.69, 9.17) is 9.57 Å². The minimum Gasteiger partial charge on any atom is -0.497 e. The fourth-order valence-electron chi connectivity index (χ4n) is 2.04. The van der Waals surface area contributed by atoms with Crippen LogP contribution in [0.5, 0.6) is 5.75 Å². The molecule has 0 aliphatic rings. The standard InChI is InChI=1S/C20H23N3O5.CH3Br/c1-6-16(23(3)4)9-10-21-12-19(25)28-22-14(2)20(26)18-11-17(27-5)8-7-15(18)13-24;1-2/h6-11,13H,1,12H2,2-5H3;1H3/p+1/b22-14+;. The van der Waals surface area contributed by atoms with Gasteiger partial charge < -0.3 is 14.9 Å². The SMILES string of the molecule is C=CC(/C=C\NCC(=O)O/N=C(\C)C(=O)c1cc(OC)ccc1C=O)=[N+](C)C.CBr. The van der Waals surface area contributed by atoms with Gasteiger partial charge in [-0.3, -0.25) is 9.59 Å². The molecular weight excluding hydrogens is 454 g/mol. The summed E-state index contributed by atoms with van der Waals surface area (Å²) in [6, 6.07) is 4.46. The monoisotopic (exact) mass is 480 g/mol. The summed E-state index contributed by atoms with van der Waals surface area (Å²) in [7, 11) is 5.17. The molecule has 0 fully saturated rings. The second-order valence-electron chi connectivity index (χ2n) is 5.78. The number of allylic oxidation sites excluding steroid dienone is 2. The van der Waals surface area contributed by atoms with Crippen LogP contribution in [-0.4, -0.2) is 67.6 Å². The lowest BCUT2D eigenvalue weighted by Gasteiger charge is -2.06. The van der Waals surface area contributed by atoms with Crippen molar-refractivity contribution in [3.8, 4) is 5.75 Å². The third-order valence-corrected chi connectivity index (χ3v) is 3.59. The number of methoxy groups -OCH3 is 1. The Morgan fingerprint density at radius 1 is 1.30 bits per heavy atom. The van der Waals surface area contributed by atoms with E-state index >= 15 is 0 Å². The van der Waals surface area contributed by atoms with Crippen molar-refractivity contribution in [2.45, 2.75) is 6.92 Å². The number of benzene rings is 1. The molecule has 1 rings (SSSR count). The fourth-order valence-corrected chi connectivity index (χ4v) is 2.04. The largest absolute Gasteiger partial charge is 0.497 e. The summed E-state index contributed by atoms with van der Waals surface area (Å²) in [5.74, 6) is 1.01. The number of oxime groups is 1. The van der Waals surface area contributed by atoms with Crippen molar-refractivity contribution in [2.75, 3.05) is 33.6 Å². The molecule has 1 aromatic carbocycles. The molecule has 9 heteroatoms. The Bertz CT molecular complexity index is 856. The van der Waals surface area contributed by atoms with Crippen LogP contribution in [0, 0.1) is 0 Å². The van der Waals surface area contributed by atoms with Crippen LogP contribution in [0.2, 0.25) is 0 Å². The molecule has 0 aromatic heterocycles. The van der Waals surface area contributed by atoms with Crippen LogP contribution < -0.4 is 10.1 Å². The third kappa shape index (κ3) is 8.95. The average molecular weight is 481 g/mol. The van der Waals surface area contributed by atoms with Gasteiger partial charge in [0.25, 0.3) is 0 Å². The van der Waals surface area contributed by atoms with Crippen LogP contribution in [0.3, 0.4) is 0 Å². The number of nitrogens with zero attached hydrogens (tertiary/aromatic N) is 2. The van der Waals surface area contributed by atoms with E-state index in [9.17, 15) is 14.4 Å². The van der Waals surface area contributed by atoms with Crippen molar-refractivity contribution in [1.82, 2.24) is 5.32 Å². The predicted octanol–water partition coefficient (Wildman–Crippen LogP) is 2.62. The van der Waals surface area contributed by atoms with Gasteiger partial charge in [0.05, 0.1) is 7.11 Å². The Kier molecular flexibility index (Phi) is 13.3. The quantitative estimate of drug-likeness (QED) is 0.105. The molecule has 0 heterocycles. The molecule has 0 spiro atoms. The first-order valence-electron chi connectivity index (χ1n) is 8.70. The van der Waals surface area contributed by atoms with Gasteiger partial charge in [-0.25, -0.2) is 9.37 Å². The molecule has 30 heavy (non-hydrogen) atoms. The molecule has 0 atom stereocenters. The first kappa shape index (κ1) is 26.9. The molecule has 8 nitrogen and oxygen atoms in total.